The molecule has 2 N–H and O–H groups in total. The van der Waals surface area contributed by atoms with Crippen LogP contribution < -0.4 is 15.4 Å². The van der Waals surface area contributed by atoms with E-state index in [0.717, 1.165) is 18.9 Å². The van der Waals surface area contributed by atoms with Gasteiger partial charge in [-0.25, -0.2) is 0 Å². The average molecular weight is 179 g/mol. The van der Waals surface area contributed by atoms with Gasteiger partial charge in [0.05, 0.1) is 12.8 Å². The predicted octanol–water partition coefficient (Wildman–Crippen LogP) is 0.883. The largest absolute Gasteiger partial charge is 0.479 e. The van der Waals surface area contributed by atoms with Crippen molar-refractivity contribution in [1.82, 2.24) is 4.98 Å². The van der Waals surface area contributed by atoms with E-state index < -0.39 is 0 Å². The molecule has 0 unspecified atom stereocenters. The van der Waals surface area contributed by atoms with E-state index in [1.54, 1.807) is 7.11 Å². The number of anilines is 2. The Kier molecular flexibility index (Phi) is 1.96. The van der Waals surface area contributed by atoms with Crippen molar-refractivity contribution in [1.29, 1.82) is 0 Å². The smallest absolute Gasteiger partial charge is 0.238 e. The van der Waals surface area contributed by atoms with Crippen molar-refractivity contribution in [3.63, 3.8) is 0 Å². The van der Waals surface area contributed by atoms with Crippen LogP contribution in [0.3, 0.4) is 0 Å². The van der Waals surface area contributed by atoms with E-state index in [4.69, 9.17) is 10.5 Å². The van der Waals surface area contributed by atoms with E-state index in [-0.39, 0.29) is 0 Å². The molecule has 2 heterocycles. The summed E-state index contributed by atoms with van der Waals surface area (Å²) >= 11 is 0. The number of hydrogen-bond donors (Lipinski definition) is 1. The fourth-order valence-electron chi connectivity index (χ4n) is 1.33. The van der Waals surface area contributed by atoms with Gasteiger partial charge in [-0.2, -0.15) is 4.98 Å². The number of nitrogens with two attached hydrogens (primary N) is 1. The molecule has 2 rings (SSSR count). The Morgan fingerprint density at radius 2 is 2.23 bits per heavy atom. The van der Waals surface area contributed by atoms with Crippen LogP contribution in [0.5, 0.6) is 5.88 Å². The van der Waals surface area contributed by atoms with Gasteiger partial charge in [0.1, 0.15) is 5.82 Å². The lowest BCUT2D eigenvalue weighted by molar-refractivity contribution is 0.399. The Bertz CT molecular complexity index is 310. The van der Waals surface area contributed by atoms with Crippen molar-refractivity contribution in [2.24, 2.45) is 0 Å². The van der Waals surface area contributed by atoms with Gasteiger partial charge in [-0.3, -0.25) is 0 Å². The van der Waals surface area contributed by atoms with Crippen LogP contribution in [0.15, 0.2) is 12.1 Å². The normalized spacial score (nSPS) is 15.3. The Balaban J connectivity index is 2.26. The molecule has 0 bridgehead atoms. The molecule has 0 aliphatic carbocycles. The van der Waals surface area contributed by atoms with Gasteiger partial charge < -0.3 is 15.4 Å². The molecule has 1 saturated heterocycles. The quantitative estimate of drug-likeness (QED) is 0.732. The molecular formula is C9H13N3O. The molecule has 4 nitrogen and oxygen atoms in total. The maximum Gasteiger partial charge on any atom is 0.238 e. The first-order valence-corrected chi connectivity index (χ1v) is 4.37. The number of methoxy groups -OCH3 is 1. The van der Waals surface area contributed by atoms with Crippen LogP contribution in [0.4, 0.5) is 11.5 Å². The Hall–Kier alpha value is -1.45. The third kappa shape index (κ3) is 1.39. The van der Waals surface area contributed by atoms with Crippen molar-refractivity contribution in [3.05, 3.63) is 12.1 Å². The summed E-state index contributed by atoms with van der Waals surface area (Å²) < 4.78 is 5.04. The van der Waals surface area contributed by atoms with E-state index in [9.17, 15) is 0 Å². The van der Waals surface area contributed by atoms with Gasteiger partial charge in [-0.05, 0) is 18.6 Å². The lowest BCUT2D eigenvalue weighted by atomic mass is 10.2. The minimum absolute atomic E-state index is 0.518. The fourth-order valence-corrected chi connectivity index (χ4v) is 1.33. The van der Waals surface area contributed by atoms with Gasteiger partial charge in [0, 0.05) is 13.1 Å². The highest BCUT2D eigenvalue weighted by molar-refractivity contribution is 5.55. The highest BCUT2D eigenvalue weighted by atomic mass is 16.5. The topological polar surface area (TPSA) is 51.4 Å². The predicted molar refractivity (Wildman–Crippen MR) is 52.0 cm³/mol. The molecule has 4 heteroatoms. The highest BCUT2D eigenvalue weighted by Crippen LogP contribution is 2.25. The minimum Gasteiger partial charge on any atom is -0.479 e. The molecular weight excluding hydrogens is 166 g/mol. The van der Waals surface area contributed by atoms with Gasteiger partial charge in [0.25, 0.3) is 0 Å². The van der Waals surface area contributed by atoms with Crippen molar-refractivity contribution in [2.45, 2.75) is 6.42 Å². The molecule has 1 aromatic rings. The Labute approximate surface area is 77.3 Å². The SMILES string of the molecule is COc1nc(N2CCC2)ccc1N. The molecule has 0 aromatic carbocycles. The molecule has 70 valence electrons. The lowest BCUT2D eigenvalue weighted by Gasteiger charge is -2.32. The molecule has 0 spiro atoms. The van der Waals surface area contributed by atoms with Crippen molar-refractivity contribution in [2.75, 3.05) is 30.8 Å². The van der Waals surface area contributed by atoms with Gasteiger partial charge >= 0.3 is 0 Å². The number of ether oxygens (including phenoxy) is 1. The van der Waals surface area contributed by atoms with Crippen LogP contribution in [0, 0.1) is 0 Å². The van der Waals surface area contributed by atoms with E-state index in [1.165, 1.54) is 6.42 Å². The summed E-state index contributed by atoms with van der Waals surface area (Å²) in [7, 11) is 1.58. The minimum atomic E-state index is 0.518. The van der Waals surface area contributed by atoms with Crippen LogP contribution in [0.1, 0.15) is 6.42 Å². The van der Waals surface area contributed by atoms with Crippen molar-refractivity contribution < 1.29 is 4.74 Å². The first kappa shape index (κ1) is 8.16. The molecule has 0 saturated carbocycles. The van der Waals surface area contributed by atoms with Crippen LogP contribution in [-0.2, 0) is 0 Å². The summed E-state index contributed by atoms with van der Waals surface area (Å²) in [5.74, 6) is 1.47. The molecule has 1 aliphatic rings. The van der Waals surface area contributed by atoms with Gasteiger partial charge in [-0.1, -0.05) is 0 Å². The zero-order valence-corrected chi connectivity index (χ0v) is 7.66. The molecule has 13 heavy (non-hydrogen) atoms. The van der Waals surface area contributed by atoms with Crippen LogP contribution in [0.2, 0.25) is 0 Å². The van der Waals surface area contributed by atoms with E-state index >= 15 is 0 Å². The standard InChI is InChI=1S/C9H13N3O/c1-13-9-7(10)3-4-8(11-9)12-5-2-6-12/h3-4H,2,5-6,10H2,1H3. The second-order valence-electron chi connectivity index (χ2n) is 3.11. The Morgan fingerprint density at radius 1 is 1.46 bits per heavy atom. The Morgan fingerprint density at radius 3 is 2.77 bits per heavy atom. The van der Waals surface area contributed by atoms with E-state index in [1.807, 2.05) is 12.1 Å². The van der Waals surface area contributed by atoms with Gasteiger partial charge in [0.15, 0.2) is 0 Å². The summed E-state index contributed by atoms with van der Waals surface area (Å²) in [6.07, 6.45) is 1.24. The van der Waals surface area contributed by atoms with Crippen molar-refractivity contribution in [3.8, 4) is 5.88 Å². The number of pyridine rings is 1. The number of nitrogen functional groups attached to an aromatic ring is 1. The van der Waals surface area contributed by atoms with E-state index in [2.05, 4.69) is 9.88 Å². The highest BCUT2D eigenvalue weighted by Gasteiger charge is 2.16. The third-order valence-corrected chi connectivity index (χ3v) is 2.25. The summed E-state index contributed by atoms with van der Waals surface area (Å²) in [6.45, 7) is 2.17. The monoisotopic (exact) mass is 179 g/mol. The van der Waals surface area contributed by atoms with E-state index in [0.29, 0.717) is 11.6 Å². The van der Waals surface area contributed by atoms with Gasteiger partial charge in [0.2, 0.25) is 5.88 Å². The molecule has 1 aromatic heterocycles. The second-order valence-corrected chi connectivity index (χ2v) is 3.11. The molecule has 1 aliphatic heterocycles. The molecule has 0 atom stereocenters. The number of rotatable bonds is 2. The van der Waals surface area contributed by atoms with Crippen LogP contribution in [-0.4, -0.2) is 25.2 Å². The number of aromatic nitrogens is 1. The molecule has 1 fully saturated rings. The summed E-state index contributed by atoms with van der Waals surface area (Å²) in [5, 5.41) is 0. The van der Waals surface area contributed by atoms with Crippen molar-refractivity contribution >= 4 is 11.5 Å². The summed E-state index contributed by atoms with van der Waals surface area (Å²) in [6, 6.07) is 3.76. The first-order chi connectivity index (χ1) is 6.31. The fraction of sp³-hybridized carbons (Fsp3) is 0.444. The zero-order chi connectivity index (χ0) is 9.26. The third-order valence-electron chi connectivity index (χ3n) is 2.25. The molecule has 0 radical (unpaired) electrons. The van der Waals surface area contributed by atoms with Gasteiger partial charge in [-0.15, -0.1) is 0 Å². The average Bonchev–Trinajstić information content (AvgIpc) is 2.05. The first-order valence-electron chi connectivity index (χ1n) is 4.37. The summed E-state index contributed by atoms with van der Waals surface area (Å²) in [4.78, 5) is 6.49. The lowest BCUT2D eigenvalue weighted by Crippen LogP contribution is -2.37. The van der Waals surface area contributed by atoms with Crippen LogP contribution >= 0.6 is 0 Å². The maximum atomic E-state index is 5.65. The molecule has 0 amide bonds. The number of hydrogen-bond acceptors (Lipinski definition) is 4. The number of nitrogens with zero attached hydrogens (tertiary/aromatic N) is 2. The second kappa shape index (κ2) is 3.12. The summed E-state index contributed by atoms with van der Waals surface area (Å²) in [5.41, 5.74) is 6.24. The van der Waals surface area contributed by atoms with Crippen LogP contribution in [0.25, 0.3) is 0 Å². The zero-order valence-electron chi connectivity index (χ0n) is 7.66. The maximum absolute atomic E-state index is 5.65.